The second kappa shape index (κ2) is 17.8. The third-order valence-electron chi connectivity index (χ3n) is 12.2. The number of nitrogens with zero attached hydrogens (tertiary/aromatic N) is 2. The Morgan fingerprint density at radius 1 is 0.942 bits per heavy atom. The molecule has 3 aliphatic rings. The average Bonchev–Trinajstić information content (AvgIpc) is 3.05. The zero-order chi connectivity index (χ0) is 39.7. The van der Waals surface area contributed by atoms with Crippen LogP contribution in [0.4, 0.5) is 0 Å². The number of hydrogen-bond acceptors (Lipinski definition) is 14. The Kier molecular flexibility index (Phi) is 15.6. The monoisotopic (exact) mass is 749 g/mol. The van der Waals surface area contributed by atoms with Crippen LogP contribution in [0, 0.1) is 17.8 Å². The number of esters is 1. The van der Waals surface area contributed by atoms with Crippen LogP contribution in [0.2, 0.25) is 0 Å². The number of carbonyl (C=O) groups is 1. The van der Waals surface area contributed by atoms with E-state index in [4.69, 9.17) is 28.4 Å². The summed E-state index contributed by atoms with van der Waals surface area (Å²) < 4.78 is 37.5. The quantitative estimate of drug-likeness (QED) is 0.238. The molecule has 5 N–H and O–H groups in total. The second-order valence-corrected chi connectivity index (χ2v) is 17.2. The molecule has 18 atom stereocenters. The van der Waals surface area contributed by atoms with Crippen molar-refractivity contribution in [1.29, 1.82) is 0 Å². The molecular weight excluding hydrogens is 676 g/mol. The molecule has 14 heteroatoms. The molecule has 3 saturated heterocycles. The van der Waals surface area contributed by atoms with Crippen molar-refractivity contribution in [2.75, 3.05) is 34.8 Å². The van der Waals surface area contributed by atoms with Crippen molar-refractivity contribution in [2.24, 2.45) is 17.8 Å². The van der Waals surface area contributed by atoms with Crippen molar-refractivity contribution in [1.82, 2.24) is 9.80 Å². The lowest BCUT2D eigenvalue weighted by molar-refractivity contribution is -0.318. The fourth-order valence-electron chi connectivity index (χ4n) is 8.74. The molecule has 306 valence electrons. The maximum absolute atomic E-state index is 14.2. The molecule has 3 fully saturated rings. The van der Waals surface area contributed by atoms with Crippen LogP contribution < -0.4 is 0 Å². The zero-order valence-corrected chi connectivity index (χ0v) is 34.2. The maximum atomic E-state index is 14.2. The van der Waals surface area contributed by atoms with Gasteiger partial charge >= 0.3 is 5.97 Å². The van der Waals surface area contributed by atoms with Gasteiger partial charge in [-0.05, 0) is 94.8 Å². The van der Waals surface area contributed by atoms with E-state index in [1.54, 1.807) is 41.5 Å². The Morgan fingerprint density at radius 2 is 1.56 bits per heavy atom. The van der Waals surface area contributed by atoms with E-state index in [9.17, 15) is 30.3 Å². The van der Waals surface area contributed by atoms with Crippen LogP contribution >= 0.6 is 0 Å². The van der Waals surface area contributed by atoms with Crippen molar-refractivity contribution in [3.05, 3.63) is 0 Å². The third kappa shape index (κ3) is 10.0. The van der Waals surface area contributed by atoms with E-state index >= 15 is 0 Å². The number of hydrogen-bond donors (Lipinski definition) is 5. The van der Waals surface area contributed by atoms with Gasteiger partial charge in [0.25, 0.3) is 0 Å². The third-order valence-corrected chi connectivity index (χ3v) is 12.2. The SMILES string of the molecule is CC[C@H]1OC(=O)[C@H](C)[C@@H](O[C@H]2CC(C)(OC)[C@@H](O)C(C)O2)[C@H](C)[C@@H](O[C@@H]2O[C@H](C)CC(N(C)C)C2O)[C@](C)(O)C[C@@H](C)CN(C)[C@H](C)[C@@H](O)[C@]1(C)O. The average molecular weight is 749 g/mol. The van der Waals surface area contributed by atoms with Gasteiger partial charge in [-0.15, -0.1) is 0 Å². The zero-order valence-electron chi connectivity index (χ0n) is 34.2. The molecule has 0 bridgehead atoms. The van der Waals surface area contributed by atoms with Crippen LogP contribution in [0.15, 0.2) is 0 Å². The van der Waals surface area contributed by atoms with E-state index in [1.807, 2.05) is 51.7 Å². The van der Waals surface area contributed by atoms with Crippen LogP contribution in [0.25, 0.3) is 0 Å². The Bertz CT molecular complexity index is 1140. The fourth-order valence-corrected chi connectivity index (χ4v) is 8.74. The van der Waals surface area contributed by atoms with Crippen molar-refractivity contribution in [3.63, 3.8) is 0 Å². The molecule has 4 unspecified atom stereocenters. The van der Waals surface area contributed by atoms with Gasteiger partial charge in [0.2, 0.25) is 0 Å². The van der Waals surface area contributed by atoms with Crippen LogP contribution in [0.3, 0.4) is 0 Å². The summed E-state index contributed by atoms with van der Waals surface area (Å²) in [6, 6.07) is -0.808. The lowest BCUT2D eigenvalue weighted by Crippen LogP contribution is -2.60. The second-order valence-electron chi connectivity index (χ2n) is 17.2. The normalized spacial score (nSPS) is 49.6. The minimum absolute atomic E-state index is 0.133. The topological polar surface area (TPSA) is 180 Å². The van der Waals surface area contributed by atoms with Crippen molar-refractivity contribution >= 4 is 5.97 Å². The number of rotatable bonds is 7. The first-order chi connectivity index (χ1) is 23.9. The van der Waals surface area contributed by atoms with E-state index in [0.717, 1.165) is 0 Å². The number of likely N-dealkylation sites (N-methyl/N-ethyl adjacent to an activating group) is 2. The Morgan fingerprint density at radius 3 is 2.12 bits per heavy atom. The molecule has 0 aromatic heterocycles. The minimum atomic E-state index is -1.80. The summed E-state index contributed by atoms with van der Waals surface area (Å²) >= 11 is 0. The lowest BCUT2D eigenvalue weighted by Gasteiger charge is -2.48. The molecule has 3 aliphatic heterocycles. The van der Waals surface area contributed by atoms with Crippen LogP contribution in [-0.2, 0) is 33.2 Å². The summed E-state index contributed by atoms with van der Waals surface area (Å²) in [6.07, 6.45) is -8.19. The van der Waals surface area contributed by atoms with Crippen LogP contribution in [-0.4, -0.2) is 166 Å². The summed E-state index contributed by atoms with van der Waals surface area (Å²) in [6.45, 7) is 18.0. The number of aliphatic hydroxyl groups is 5. The largest absolute Gasteiger partial charge is 0.459 e. The summed E-state index contributed by atoms with van der Waals surface area (Å²) in [5.41, 5.74) is -4.37. The summed E-state index contributed by atoms with van der Waals surface area (Å²) in [5, 5.41) is 58.1. The number of aliphatic hydroxyl groups excluding tert-OH is 3. The first kappa shape index (κ1) is 45.4. The number of methoxy groups -OCH3 is 1. The van der Waals surface area contributed by atoms with Crippen molar-refractivity contribution in [3.8, 4) is 0 Å². The highest BCUT2D eigenvalue weighted by atomic mass is 16.7. The van der Waals surface area contributed by atoms with E-state index in [0.29, 0.717) is 13.0 Å². The molecule has 0 radical (unpaired) electrons. The summed E-state index contributed by atoms with van der Waals surface area (Å²) in [4.78, 5) is 18.0. The molecule has 52 heavy (non-hydrogen) atoms. The fraction of sp³-hybridized carbons (Fsp3) is 0.974. The Labute approximate surface area is 312 Å². The predicted molar refractivity (Wildman–Crippen MR) is 194 cm³/mol. The molecule has 0 saturated carbocycles. The first-order valence-electron chi connectivity index (χ1n) is 19.1. The highest BCUT2D eigenvalue weighted by molar-refractivity contribution is 5.73. The van der Waals surface area contributed by atoms with Crippen LogP contribution in [0.1, 0.15) is 94.9 Å². The summed E-state index contributed by atoms with van der Waals surface area (Å²) in [5.74, 6) is -2.58. The molecule has 0 spiro atoms. The van der Waals surface area contributed by atoms with Gasteiger partial charge < -0.3 is 63.8 Å². The van der Waals surface area contributed by atoms with Crippen LogP contribution in [0.5, 0.6) is 0 Å². The molecule has 3 rings (SSSR count). The summed E-state index contributed by atoms with van der Waals surface area (Å²) in [7, 11) is 7.12. The number of ether oxygens (including phenoxy) is 6. The molecular formula is C38H72N2O12. The van der Waals surface area contributed by atoms with Crippen molar-refractivity contribution in [2.45, 2.75) is 185 Å². The maximum Gasteiger partial charge on any atom is 0.311 e. The molecule has 0 amide bonds. The van der Waals surface area contributed by atoms with Gasteiger partial charge in [0.1, 0.15) is 30.0 Å². The van der Waals surface area contributed by atoms with Gasteiger partial charge in [-0.1, -0.05) is 20.8 Å². The van der Waals surface area contributed by atoms with Gasteiger partial charge in [-0.25, -0.2) is 0 Å². The minimum Gasteiger partial charge on any atom is -0.459 e. The molecule has 0 aliphatic carbocycles. The van der Waals surface area contributed by atoms with E-state index in [2.05, 4.69) is 0 Å². The highest BCUT2D eigenvalue weighted by Crippen LogP contribution is 2.40. The highest BCUT2D eigenvalue weighted by Gasteiger charge is 2.52. The first-order valence-corrected chi connectivity index (χ1v) is 19.1. The van der Waals surface area contributed by atoms with Gasteiger partial charge in [-0.2, -0.15) is 0 Å². The van der Waals surface area contributed by atoms with Gasteiger partial charge in [0.15, 0.2) is 12.6 Å². The molecule has 14 nitrogen and oxygen atoms in total. The smallest absolute Gasteiger partial charge is 0.311 e. The molecule has 0 aromatic carbocycles. The Balaban J connectivity index is 2.17. The van der Waals surface area contributed by atoms with E-state index in [-0.39, 0.29) is 37.3 Å². The van der Waals surface area contributed by atoms with E-state index in [1.165, 1.54) is 14.0 Å². The number of carbonyl (C=O) groups excluding carboxylic acids is 1. The molecule has 3 heterocycles. The lowest BCUT2D eigenvalue weighted by atomic mass is 9.77. The number of cyclic esters (lactones) is 1. The van der Waals surface area contributed by atoms with Gasteiger partial charge in [-0.3, -0.25) is 4.79 Å². The predicted octanol–water partition coefficient (Wildman–Crippen LogP) is 1.90. The standard InChI is InChI=1S/C38H72N2O12/c1-15-27-38(10,46)31(42)24(6)40(13)19-20(2)17-36(8,45)33(52-35-29(41)26(39(11)12)16-21(3)48-35)22(4)30(23(5)34(44)50-27)51-28-18-37(9,47-14)32(43)25(7)49-28/h20-33,35,41-43,45-46H,15-19H2,1-14H3/t20-,21-,22+,23-,24-,25?,26?,27-,28+,29?,30+,31-,32+,33-,35+,36-,37?,38-/m1/s1. The van der Waals surface area contributed by atoms with Crippen molar-refractivity contribution < 1.29 is 58.7 Å². The van der Waals surface area contributed by atoms with Gasteiger partial charge in [0.05, 0.1) is 41.5 Å². The molecule has 0 aromatic rings. The Hall–Kier alpha value is -1.01. The van der Waals surface area contributed by atoms with Gasteiger partial charge in [0, 0.05) is 38.1 Å². The van der Waals surface area contributed by atoms with E-state index < -0.39 is 96.0 Å².